The van der Waals surface area contributed by atoms with Crippen molar-refractivity contribution >= 4 is 38.9 Å². The molecule has 30 heavy (non-hydrogen) atoms. The second kappa shape index (κ2) is 7.53. The molecule has 154 valence electrons. The molecule has 7 nitrogen and oxygen atoms in total. The molecule has 4 rings (SSSR count). The molecule has 8 heteroatoms. The Morgan fingerprint density at radius 3 is 2.83 bits per heavy atom. The fourth-order valence-corrected chi connectivity index (χ4v) is 4.63. The number of hydrogen-bond donors (Lipinski definition) is 0. The maximum atomic E-state index is 13.3. The second-order valence-electron chi connectivity index (χ2n) is 7.21. The number of aromatic nitrogens is 2. The van der Waals surface area contributed by atoms with E-state index in [0.29, 0.717) is 39.6 Å². The number of Topliss-reactive ketones (excluding diaryl/α,β-unsaturated/α-hetero) is 1. The average molecular weight is 423 g/mol. The van der Waals surface area contributed by atoms with Gasteiger partial charge in [0.05, 0.1) is 17.1 Å². The van der Waals surface area contributed by atoms with Gasteiger partial charge in [0.25, 0.3) is 11.5 Å². The molecule has 2 aromatic heterocycles. The summed E-state index contributed by atoms with van der Waals surface area (Å²) in [6.45, 7) is 9.29. The number of carbonyl (C=O) groups excluding carboxylic acids is 2. The largest absolute Gasteiger partial charge is 0.482 e. The van der Waals surface area contributed by atoms with Crippen molar-refractivity contribution in [1.82, 2.24) is 9.55 Å². The van der Waals surface area contributed by atoms with Crippen LogP contribution in [0.5, 0.6) is 5.75 Å². The number of carbonyl (C=O) groups is 2. The van der Waals surface area contributed by atoms with Crippen molar-refractivity contribution in [3.05, 3.63) is 63.5 Å². The molecular weight excluding hydrogens is 402 g/mol. The number of anilines is 1. The summed E-state index contributed by atoms with van der Waals surface area (Å²) >= 11 is 1.46. The summed E-state index contributed by atoms with van der Waals surface area (Å²) in [5, 5.41) is 0.518. The first-order valence-electron chi connectivity index (χ1n) is 9.53. The minimum Gasteiger partial charge on any atom is -0.482 e. The molecule has 0 fully saturated rings. The van der Waals surface area contributed by atoms with Gasteiger partial charge in [-0.1, -0.05) is 6.08 Å². The highest BCUT2D eigenvalue weighted by atomic mass is 32.1. The van der Waals surface area contributed by atoms with Gasteiger partial charge in [-0.3, -0.25) is 19.0 Å². The Balaban J connectivity index is 1.75. The molecule has 0 spiro atoms. The summed E-state index contributed by atoms with van der Waals surface area (Å²) in [6.07, 6.45) is 1.62. The predicted molar refractivity (Wildman–Crippen MR) is 117 cm³/mol. The van der Waals surface area contributed by atoms with Gasteiger partial charge >= 0.3 is 0 Å². The van der Waals surface area contributed by atoms with Gasteiger partial charge in [-0.15, -0.1) is 17.9 Å². The van der Waals surface area contributed by atoms with Crippen LogP contribution in [0, 0.1) is 13.8 Å². The Labute approximate surface area is 177 Å². The topological polar surface area (TPSA) is 81.5 Å². The maximum Gasteiger partial charge on any atom is 0.265 e. The number of nitrogens with zero attached hydrogens (tertiary/aromatic N) is 3. The smallest absolute Gasteiger partial charge is 0.265 e. The molecule has 0 saturated carbocycles. The van der Waals surface area contributed by atoms with Crippen LogP contribution in [0.25, 0.3) is 10.2 Å². The summed E-state index contributed by atoms with van der Waals surface area (Å²) in [6, 6.07) is 6.02. The maximum absolute atomic E-state index is 13.3. The number of benzene rings is 1. The van der Waals surface area contributed by atoms with Crippen molar-refractivity contribution in [2.45, 2.75) is 26.8 Å². The van der Waals surface area contributed by atoms with Gasteiger partial charge in [-0.2, -0.15) is 0 Å². The van der Waals surface area contributed by atoms with Crippen LogP contribution in [-0.4, -0.2) is 34.4 Å². The predicted octanol–water partition coefficient (Wildman–Crippen LogP) is 3.43. The number of aryl methyl sites for hydroxylation is 2. The number of hydrogen-bond acceptors (Lipinski definition) is 6. The van der Waals surface area contributed by atoms with E-state index in [0.717, 1.165) is 4.88 Å². The van der Waals surface area contributed by atoms with Crippen molar-refractivity contribution in [2.24, 2.45) is 0 Å². The van der Waals surface area contributed by atoms with Crippen molar-refractivity contribution in [3.63, 3.8) is 0 Å². The summed E-state index contributed by atoms with van der Waals surface area (Å²) in [5.41, 5.74) is 0.685. The molecule has 0 aliphatic carbocycles. The van der Waals surface area contributed by atoms with Gasteiger partial charge in [-0.05, 0) is 45.0 Å². The monoisotopic (exact) mass is 423 g/mol. The highest BCUT2D eigenvalue weighted by Crippen LogP contribution is 2.34. The van der Waals surface area contributed by atoms with Crippen molar-refractivity contribution in [2.75, 3.05) is 18.1 Å². The van der Waals surface area contributed by atoms with Gasteiger partial charge in [-0.25, -0.2) is 4.98 Å². The zero-order valence-electron chi connectivity index (χ0n) is 17.0. The molecule has 1 unspecified atom stereocenters. The average Bonchev–Trinajstić information content (AvgIpc) is 3.09. The minimum atomic E-state index is -0.749. The highest BCUT2D eigenvalue weighted by molar-refractivity contribution is 7.18. The van der Waals surface area contributed by atoms with E-state index in [4.69, 9.17) is 4.74 Å². The van der Waals surface area contributed by atoms with Crippen LogP contribution < -0.4 is 15.2 Å². The SMILES string of the molecule is C=CCN1C(=O)COc2ccc(C(=O)C(C)n3c(C)nc4sc(C)cc4c3=O)cc21. The van der Waals surface area contributed by atoms with Gasteiger partial charge in [0.2, 0.25) is 0 Å². The van der Waals surface area contributed by atoms with Gasteiger partial charge in [0, 0.05) is 17.0 Å². The minimum absolute atomic E-state index is 0.0507. The number of thiophene rings is 1. The van der Waals surface area contributed by atoms with Crippen LogP contribution in [0.4, 0.5) is 5.69 Å². The van der Waals surface area contributed by atoms with E-state index in [-0.39, 0.29) is 23.9 Å². The third kappa shape index (κ3) is 3.23. The summed E-state index contributed by atoms with van der Waals surface area (Å²) in [5.74, 6) is 0.577. The van der Waals surface area contributed by atoms with E-state index in [9.17, 15) is 14.4 Å². The fraction of sp³-hybridized carbons (Fsp3) is 0.273. The lowest BCUT2D eigenvalue weighted by Gasteiger charge is -2.29. The van der Waals surface area contributed by atoms with E-state index in [1.54, 1.807) is 44.2 Å². The van der Waals surface area contributed by atoms with Gasteiger partial charge in [0.1, 0.15) is 16.4 Å². The van der Waals surface area contributed by atoms with E-state index >= 15 is 0 Å². The number of amides is 1. The van der Waals surface area contributed by atoms with E-state index in [1.165, 1.54) is 20.8 Å². The molecule has 3 heterocycles. The molecule has 1 atom stereocenters. The van der Waals surface area contributed by atoms with Crippen LogP contribution in [-0.2, 0) is 4.79 Å². The molecule has 1 aliphatic heterocycles. The van der Waals surface area contributed by atoms with Crippen LogP contribution in [0.2, 0.25) is 0 Å². The molecule has 1 aliphatic rings. The van der Waals surface area contributed by atoms with Crippen LogP contribution in [0.3, 0.4) is 0 Å². The molecule has 0 radical (unpaired) electrons. The van der Waals surface area contributed by atoms with Crippen LogP contribution >= 0.6 is 11.3 Å². The second-order valence-corrected chi connectivity index (χ2v) is 8.45. The standard InChI is InChI=1S/C22H21N3O4S/c1-5-8-24-17-10-15(6-7-18(17)29-11-19(24)26)20(27)13(3)25-14(4)23-21-16(22(25)28)9-12(2)30-21/h5-7,9-10,13H,1,8,11H2,2-4H3. The van der Waals surface area contributed by atoms with Crippen molar-refractivity contribution < 1.29 is 14.3 Å². The summed E-state index contributed by atoms with van der Waals surface area (Å²) in [7, 11) is 0. The molecule has 1 amide bonds. The Hall–Kier alpha value is -3.26. The lowest BCUT2D eigenvalue weighted by molar-refractivity contribution is -0.121. The quantitative estimate of drug-likeness (QED) is 0.464. The Morgan fingerprint density at radius 2 is 2.10 bits per heavy atom. The van der Waals surface area contributed by atoms with Crippen molar-refractivity contribution in [1.29, 1.82) is 0 Å². The summed E-state index contributed by atoms with van der Waals surface area (Å²) < 4.78 is 6.91. The lowest BCUT2D eigenvalue weighted by Crippen LogP contribution is -2.39. The Bertz CT molecular complexity index is 1260. The first-order valence-corrected chi connectivity index (χ1v) is 10.3. The zero-order valence-corrected chi connectivity index (χ0v) is 17.8. The highest BCUT2D eigenvalue weighted by Gasteiger charge is 2.28. The van der Waals surface area contributed by atoms with Gasteiger partial charge < -0.3 is 9.64 Å². The van der Waals surface area contributed by atoms with Crippen molar-refractivity contribution in [3.8, 4) is 5.75 Å². The first-order chi connectivity index (χ1) is 14.3. The van der Waals surface area contributed by atoms with Crippen LogP contribution in [0.15, 0.2) is 41.7 Å². The van der Waals surface area contributed by atoms with Gasteiger partial charge in [0.15, 0.2) is 12.4 Å². The molecule has 0 bridgehead atoms. The lowest BCUT2D eigenvalue weighted by atomic mass is 10.0. The summed E-state index contributed by atoms with van der Waals surface area (Å²) in [4.78, 5) is 46.3. The molecular formula is C22H21N3O4S. The Morgan fingerprint density at radius 1 is 1.33 bits per heavy atom. The number of rotatable bonds is 5. The van der Waals surface area contributed by atoms with E-state index in [2.05, 4.69) is 11.6 Å². The zero-order chi connectivity index (χ0) is 21.6. The van der Waals surface area contributed by atoms with Crippen LogP contribution in [0.1, 0.15) is 34.0 Å². The number of ether oxygens (including phenoxy) is 1. The van der Waals surface area contributed by atoms with E-state index in [1.807, 2.05) is 6.92 Å². The fourth-order valence-electron chi connectivity index (χ4n) is 3.71. The normalized spacial score (nSPS) is 14.4. The molecule has 0 saturated heterocycles. The Kier molecular flexibility index (Phi) is 5.03. The molecule has 3 aromatic rings. The first kappa shape index (κ1) is 20.0. The molecule has 1 aromatic carbocycles. The number of ketones is 1. The van der Waals surface area contributed by atoms with E-state index < -0.39 is 6.04 Å². The number of fused-ring (bicyclic) bond motifs is 2. The third-order valence-electron chi connectivity index (χ3n) is 5.16. The third-order valence-corrected chi connectivity index (χ3v) is 6.11. The molecule has 0 N–H and O–H groups in total.